The Labute approximate surface area is 197 Å². The third kappa shape index (κ3) is 5.68. The Morgan fingerprint density at radius 1 is 1.06 bits per heavy atom. The van der Waals surface area contributed by atoms with E-state index < -0.39 is 0 Å². The molecule has 0 saturated carbocycles. The van der Waals surface area contributed by atoms with Crippen LogP contribution in [0.4, 0.5) is 4.39 Å². The number of ether oxygens (including phenoxy) is 1. The summed E-state index contributed by atoms with van der Waals surface area (Å²) in [4.78, 5) is 17.8. The van der Waals surface area contributed by atoms with Gasteiger partial charge in [-0.3, -0.25) is 9.69 Å². The largest absolute Gasteiger partial charge is 0.489 e. The maximum Gasteiger partial charge on any atom is 0.264 e. The van der Waals surface area contributed by atoms with Gasteiger partial charge in [-0.15, -0.1) is 11.3 Å². The molecule has 0 spiro atoms. The second kappa shape index (κ2) is 10.5. The lowest BCUT2D eigenvalue weighted by atomic mass is 10.2. The standard InChI is InChI=1S/C25H26ClFN2O2S/c1-2-18-3-7-22(8-4-18)31-16-19-13-24(32-17-19)25(30)29-11-9-28(10-12-29)15-20-5-6-21(27)14-23(20)26/h3-8,13-14,17H,2,9-12,15-16H2,1H3. The highest BCUT2D eigenvalue weighted by molar-refractivity contribution is 7.12. The van der Waals surface area contributed by atoms with Gasteiger partial charge in [0.25, 0.3) is 5.91 Å². The van der Waals surface area contributed by atoms with E-state index in [1.807, 2.05) is 28.5 Å². The van der Waals surface area contributed by atoms with Crippen LogP contribution in [-0.2, 0) is 19.6 Å². The summed E-state index contributed by atoms with van der Waals surface area (Å²) in [6, 6.07) is 14.5. The Morgan fingerprint density at radius 2 is 1.81 bits per heavy atom. The van der Waals surface area contributed by atoms with Crippen molar-refractivity contribution in [2.75, 3.05) is 26.2 Å². The Morgan fingerprint density at radius 3 is 2.50 bits per heavy atom. The molecular weight excluding hydrogens is 447 g/mol. The lowest BCUT2D eigenvalue weighted by Gasteiger charge is -2.34. The van der Waals surface area contributed by atoms with E-state index in [2.05, 4.69) is 24.0 Å². The number of nitrogens with zero attached hydrogens (tertiary/aromatic N) is 2. The molecule has 1 aliphatic heterocycles. The lowest BCUT2D eigenvalue weighted by molar-refractivity contribution is 0.0633. The van der Waals surface area contributed by atoms with Crippen LogP contribution in [0.25, 0.3) is 0 Å². The number of thiophene rings is 1. The molecule has 3 aromatic rings. The fraction of sp³-hybridized carbons (Fsp3) is 0.320. The molecule has 1 amide bonds. The van der Waals surface area contributed by atoms with Gasteiger partial charge >= 0.3 is 0 Å². The monoisotopic (exact) mass is 472 g/mol. The molecule has 2 heterocycles. The molecule has 0 atom stereocenters. The van der Waals surface area contributed by atoms with Gasteiger partial charge in [-0.25, -0.2) is 4.39 Å². The van der Waals surface area contributed by atoms with Crippen molar-refractivity contribution >= 4 is 28.8 Å². The molecule has 0 aliphatic carbocycles. The first-order valence-corrected chi connectivity index (χ1v) is 12.0. The Balaban J connectivity index is 1.27. The van der Waals surface area contributed by atoms with E-state index in [-0.39, 0.29) is 11.7 Å². The first-order valence-electron chi connectivity index (χ1n) is 10.8. The number of hydrogen-bond donors (Lipinski definition) is 0. The van der Waals surface area contributed by atoms with E-state index >= 15 is 0 Å². The van der Waals surface area contributed by atoms with Crippen LogP contribution in [0.5, 0.6) is 5.75 Å². The van der Waals surface area contributed by atoms with Crippen molar-refractivity contribution in [3.63, 3.8) is 0 Å². The fourth-order valence-electron chi connectivity index (χ4n) is 3.71. The van der Waals surface area contributed by atoms with Crippen LogP contribution in [0, 0.1) is 5.82 Å². The molecule has 0 N–H and O–H groups in total. The minimum atomic E-state index is -0.329. The van der Waals surface area contributed by atoms with Crippen LogP contribution in [-0.4, -0.2) is 41.9 Å². The zero-order valence-electron chi connectivity index (χ0n) is 18.0. The average molecular weight is 473 g/mol. The molecule has 0 bridgehead atoms. The number of amides is 1. The minimum absolute atomic E-state index is 0.0630. The van der Waals surface area contributed by atoms with Gasteiger partial charge in [-0.1, -0.05) is 36.7 Å². The molecule has 4 nitrogen and oxygen atoms in total. The third-order valence-corrected chi connectivity index (χ3v) is 6.99. The molecule has 4 rings (SSSR count). The van der Waals surface area contributed by atoms with Crippen molar-refractivity contribution < 1.29 is 13.9 Å². The fourth-order valence-corrected chi connectivity index (χ4v) is 4.80. The number of halogens is 2. The molecule has 1 aromatic heterocycles. The first-order chi connectivity index (χ1) is 15.5. The highest BCUT2D eigenvalue weighted by atomic mass is 35.5. The summed E-state index contributed by atoms with van der Waals surface area (Å²) in [6.45, 7) is 6.06. The van der Waals surface area contributed by atoms with Crippen LogP contribution in [0.15, 0.2) is 53.9 Å². The average Bonchev–Trinajstić information content (AvgIpc) is 3.29. The van der Waals surface area contributed by atoms with Crippen LogP contribution < -0.4 is 4.74 Å². The van der Waals surface area contributed by atoms with Gasteiger partial charge in [0.2, 0.25) is 0 Å². The van der Waals surface area contributed by atoms with Gasteiger partial charge in [-0.2, -0.15) is 0 Å². The maximum absolute atomic E-state index is 13.2. The van der Waals surface area contributed by atoms with Crippen LogP contribution in [0.2, 0.25) is 5.02 Å². The molecule has 1 saturated heterocycles. The van der Waals surface area contributed by atoms with E-state index in [1.54, 1.807) is 6.07 Å². The Bertz CT molecular complexity index is 1060. The third-order valence-electron chi connectivity index (χ3n) is 5.67. The smallest absolute Gasteiger partial charge is 0.264 e. The van der Waals surface area contributed by atoms with Gasteiger partial charge in [0.1, 0.15) is 18.2 Å². The zero-order valence-corrected chi connectivity index (χ0v) is 19.6. The van der Waals surface area contributed by atoms with Crippen molar-refractivity contribution in [1.29, 1.82) is 0 Å². The number of piperazine rings is 1. The van der Waals surface area contributed by atoms with Crippen LogP contribution >= 0.6 is 22.9 Å². The summed E-state index contributed by atoms with van der Waals surface area (Å²) in [5.74, 6) is 0.566. The highest BCUT2D eigenvalue weighted by Gasteiger charge is 2.23. The van der Waals surface area contributed by atoms with Crippen molar-refractivity contribution in [2.45, 2.75) is 26.5 Å². The second-order valence-corrected chi connectivity index (χ2v) is 9.23. The van der Waals surface area contributed by atoms with E-state index in [4.69, 9.17) is 16.3 Å². The molecule has 32 heavy (non-hydrogen) atoms. The van der Waals surface area contributed by atoms with Crippen molar-refractivity contribution in [3.05, 3.63) is 86.3 Å². The lowest BCUT2D eigenvalue weighted by Crippen LogP contribution is -2.48. The summed E-state index contributed by atoms with van der Waals surface area (Å²) in [7, 11) is 0. The quantitative estimate of drug-likeness (QED) is 0.446. The molecule has 0 radical (unpaired) electrons. The minimum Gasteiger partial charge on any atom is -0.489 e. The maximum atomic E-state index is 13.2. The Kier molecular flexibility index (Phi) is 7.45. The van der Waals surface area contributed by atoms with Crippen LogP contribution in [0.3, 0.4) is 0 Å². The number of rotatable bonds is 7. The molecule has 1 fully saturated rings. The van der Waals surface area contributed by atoms with Crippen molar-refractivity contribution in [1.82, 2.24) is 9.80 Å². The predicted octanol–water partition coefficient (Wildman–Crippen LogP) is 5.64. The van der Waals surface area contributed by atoms with Gasteiger partial charge in [0.15, 0.2) is 0 Å². The Hall–Kier alpha value is -2.41. The number of benzene rings is 2. The van der Waals surface area contributed by atoms with E-state index in [0.717, 1.165) is 41.3 Å². The summed E-state index contributed by atoms with van der Waals surface area (Å²) >= 11 is 7.61. The normalized spacial score (nSPS) is 14.5. The summed E-state index contributed by atoms with van der Waals surface area (Å²) in [5.41, 5.74) is 3.18. The predicted molar refractivity (Wildman–Crippen MR) is 127 cm³/mol. The molecule has 2 aromatic carbocycles. The summed E-state index contributed by atoms with van der Waals surface area (Å²) in [6.07, 6.45) is 1.00. The first kappa shape index (κ1) is 22.8. The van der Waals surface area contributed by atoms with E-state index in [0.29, 0.717) is 31.3 Å². The molecule has 1 aliphatic rings. The molecule has 168 valence electrons. The zero-order chi connectivity index (χ0) is 22.5. The molecule has 0 unspecified atom stereocenters. The van der Waals surface area contributed by atoms with Gasteiger partial charge < -0.3 is 9.64 Å². The molecule has 7 heteroatoms. The van der Waals surface area contributed by atoms with Gasteiger partial charge in [-0.05, 0) is 53.3 Å². The van der Waals surface area contributed by atoms with E-state index in [1.165, 1.54) is 29.0 Å². The van der Waals surface area contributed by atoms with Crippen LogP contribution in [0.1, 0.15) is 33.3 Å². The van der Waals surface area contributed by atoms with E-state index in [9.17, 15) is 9.18 Å². The number of carbonyl (C=O) groups is 1. The summed E-state index contributed by atoms with van der Waals surface area (Å²) < 4.78 is 19.1. The molecular formula is C25H26ClFN2O2S. The van der Waals surface area contributed by atoms with Gasteiger partial charge in [0.05, 0.1) is 4.88 Å². The van der Waals surface area contributed by atoms with Crippen molar-refractivity contribution in [3.8, 4) is 5.75 Å². The SMILES string of the molecule is CCc1ccc(OCc2csc(C(=O)N3CCN(Cc4ccc(F)cc4Cl)CC3)c2)cc1. The second-order valence-electron chi connectivity index (χ2n) is 7.91. The number of aryl methyl sites for hydroxylation is 1. The van der Waals surface area contributed by atoms with Gasteiger partial charge in [0, 0.05) is 43.3 Å². The highest BCUT2D eigenvalue weighted by Crippen LogP contribution is 2.22. The topological polar surface area (TPSA) is 32.8 Å². The summed E-state index contributed by atoms with van der Waals surface area (Å²) in [5, 5.41) is 2.43. The number of carbonyl (C=O) groups excluding carboxylic acids is 1. The van der Waals surface area contributed by atoms with Crippen molar-refractivity contribution in [2.24, 2.45) is 0 Å². The number of hydrogen-bond acceptors (Lipinski definition) is 4.